The average molecular weight is 290 g/mol. The van der Waals surface area contributed by atoms with Crippen LogP contribution in [-0.4, -0.2) is 37.3 Å². The SMILES string of the molecule is CCN(CC)S(=O)(=O)Nc1nc2c(s1)CNCC2. The molecule has 6 nitrogen and oxygen atoms in total. The van der Waals surface area contributed by atoms with Gasteiger partial charge in [-0.1, -0.05) is 25.2 Å². The minimum Gasteiger partial charge on any atom is -0.311 e. The monoisotopic (exact) mass is 290 g/mol. The summed E-state index contributed by atoms with van der Waals surface area (Å²) in [6.45, 7) is 6.23. The molecule has 1 aliphatic rings. The Morgan fingerprint density at radius 2 is 2.17 bits per heavy atom. The Morgan fingerprint density at radius 3 is 2.78 bits per heavy atom. The summed E-state index contributed by atoms with van der Waals surface area (Å²) in [7, 11) is -3.46. The van der Waals surface area contributed by atoms with Crippen molar-refractivity contribution < 1.29 is 8.42 Å². The van der Waals surface area contributed by atoms with Crippen molar-refractivity contribution in [3.63, 3.8) is 0 Å². The van der Waals surface area contributed by atoms with Crippen molar-refractivity contribution in [3.05, 3.63) is 10.6 Å². The van der Waals surface area contributed by atoms with Gasteiger partial charge >= 0.3 is 10.2 Å². The van der Waals surface area contributed by atoms with E-state index in [0.717, 1.165) is 30.1 Å². The molecule has 0 spiro atoms. The molecule has 2 rings (SSSR count). The van der Waals surface area contributed by atoms with Crippen LogP contribution in [0.3, 0.4) is 0 Å². The van der Waals surface area contributed by atoms with Gasteiger partial charge in [0, 0.05) is 37.5 Å². The van der Waals surface area contributed by atoms with E-state index in [-0.39, 0.29) is 0 Å². The molecule has 0 atom stereocenters. The Bertz CT molecular complexity index is 484. The number of hydrogen-bond donors (Lipinski definition) is 2. The molecule has 0 bridgehead atoms. The number of nitrogens with zero attached hydrogens (tertiary/aromatic N) is 2. The molecule has 0 amide bonds. The second kappa shape index (κ2) is 5.52. The first-order chi connectivity index (χ1) is 8.56. The lowest BCUT2D eigenvalue weighted by Gasteiger charge is -2.17. The van der Waals surface area contributed by atoms with Crippen LogP contribution in [0.4, 0.5) is 5.13 Å². The van der Waals surface area contributed by atoms with Crippen molar-refractivity contribution in [1.82, 2.24) is 14.6 Å². The summed E-state index contributed by atoms with van der Waals surface area (Å²) in [6, 6.07) is 0. The van der Waals surface area contributed by atoms with Crippen LogP contribution in [-0.2, 0) is 23.2 Å². The number of hydrogen-bond acceptors (Lipinski definition) is 5. The summed E-state index contributed by atoms with van der Waals surface area (Å²) in [6.07, 6.45) is 0.860. The summed E-state index contributed by atoms with van der Waals surface area (Å²) >= 11 is 1.41. The van der Waals surface area contributed by atoms with Crippen LogP contribution in [0.25, 0.3) is 0 Å². The van der Waals surface area contributed by atoms with E-state index < -0.39 is 10.2 Å². The third-order valence-corrected chi connectivity index (χ3v) is 5.65. The maximum absolute atomic E-state index is 12.0. The van der Waals surface area contributed by atoms with Crippen molar-refractivity contribution in [2.45, 2.75) is 26.8 Å². The van der Waals surface area contributed by atoms with Crippen LogP contribution < -0.4 is 10.0 Å². The fraction of sp³-hybridized carbons (Fsp3) is 0.700. The third-order valence-electron chi connectivity index (χ3n) is 2.86. The van der Waals surface area contributed by atoms with Crippen LogP contribution in [0.15, 0.2) is 0 Å². The molecular weight excluding hydrogens is 272 g/mol. The third kappa shape index (κ3) is 2.82. The second-order valence-electron chi connectivity index (χ2n) is 4.01. The van der Waals surface area contributed by atoms with Crippen molar-refractivity contribution in [3.8, 4) is 0 Å². The molecule has 2 heterocycles. The maximum atomic E-state index is 12.0. The van der Waals surface area contributed by atoms with Crippen molar-refractivity contribution in [2.75, 3.05) is 24.4 Å². The van der Waals surface area contributed by atoms with Gasteiger partial charge in [0.05, 0.1) is 5.69 Å². The average Bonchev–Trinajstić information content (AvgIpc) is 2.71. The Hall–Kier alpha value is -0.700. The molecule has 1 aromatic heterocycles. The zero-order valence-electron chi connectivity index (χ0n) is 10.6. The molecule has 0 radical (unpaired) electrons. The summed E-state index contributed by atoms with van der Waals surface area (Å²) in [5.74, 6) is 0. The molecule has 0 unspecified atom stereocenters. The summed E-state index contributed by atoms with van der Waals surface area (Å²) in [5, 5.41) is 3.71. The summed E-state index contributed by atoms with van der Waals surface area (Å²) in [4.78, 5) is 5.47. The first-order valence-corrected chi connectivity index (χ1v) is 8.29. The zero-order chi connectivity index (χ0) is 13.2. The largest absolute Gasteiger partial charge is 0.311 e. The van der Waals surface area contributed by atoms with E-state index in [4.69, 9.17) is 0 Å². The highest BCUT2D eigenvalue weighted by Gasteiger charge is 2.22. The van der Waals surface area contributed by atoms with Gasteiger partial charge in [-0.15, -0.1) is 0 Å². The highest BCUT2D eigenvalue weighted by atomic mass is 32.2. The van der Waals surface area contributed by atoms with E-state index in [1.165, 1.54) is 15.6 Å². The van der Waals surface area contributed by atoms with E-state index in [9.17, 15) is 8.42 Å². The lowest BCUT2D eigenvalue weighted by atomic mass is 10.2. The molecular formula is C10H18N4O2S2. The van der Waals surface area contributed by atoms with E-state index >= 15 is 0 Å². The van der Waals surface area contributed by atoms with Gasteiger partial charge in [-0.3, -0.25) is 0 Å². The van der Waals surface area contributed by atoms with E-state index in [1.807, 2.05) is 13.8 Å². The molecule has 0 fully saturated rings. The number of anilines is 1. The second-order valence-corrected chi connectivity index (χ2v) is 6.76. The van der Waals surface area contributed by atoms with E-state index in [0.29, 0.717) is 18.2 Å². The van der Waals surface area contributed by atoms with Gasteiger partial charge in [0.2, 0.25) is 0 Å². The number of rotatable bonds is 5. The number of nitrogens with one attached hydrogen (secondary N) is 2. The topological polar surface area (TPSA) is 74.3 Å². The molecule has 0 saturated carbocycles. The molecule has 102 valence electrons. The van der Waals surface area contributed by atoms with Gasteiger partial charge in [-0.25, -0.2) is 9.71 Å². The fourth-order valence-electron chi connectivity index (χ4n) is 1.91. The zero-order valence-corrected chi connectivity index (χ0v) is 12.2. The van der Waals surface area contributed by atoms with E-state index in [2.05, 4.69) is 15.0 Å². The first-order valence-electron chi connectivity index (χ1n) is 6.04. The molecule has 2 N–H and O–H groups in total. The molecule has 18 heavy (non-hydrogen) atoms. The lowest BCUT2D eigenvalue weighted by Crippen LogP contribution is -2.35. The van der Waals surface area contributed by atoms with Crippen LogP contribution in [0.2, 0.25) is 0 Å². The smallest absolute Gasteiger partial charge is 0.303 e. The predicted octanol–water partition coefficient (Wildman–Crippen LogP) is 0.787. The molecule has 1 aliphatic heterocycles. The van der Waals surface area contributed by atoms with Crippen LogP contribution in [0.1, 0.15) is 24.4 Å². The quantitative estimate of drug-likeness (QED) is 0.841. The van der Waals surface area contributed by atoms with Gasteiger partial charge in [0.1, 0.15) is 0 Å². The van der Waals surface area contributed by atoms with Gasteiger partial charge in [-0.2, -0.15) is 12.7 Å². The lowest BCUT2D eigenvalue weighted by molar-refractivity contribution is 0.449. The van der Waals surface area contributed by atoms with Crippen molar-refractivity contribution >= 4 is 26.7 Å². The molecule has 8 heteroatoms. The standard InChI is InChI=1S/C10H18N4O2S2/c1-3-14(4-2)18(15,16)13-10-12-8-5-6-11-7-9(8)17-10/h11H,3-7H2,1-2H3,(H,12,13). The van der Waals surface area contributed by atoms with Crippen LogP contribution in [0.5, 0.6) is 0 Å². The Labute approximate surface area is 112 Å². The Kier molecular flexibility index (Phi) is 4.21. The Morgan fingerprint density at radius 1 is 1.44 bits per heavy atom. The van der Waals surface area contributed by atoms with Crippen molar-refractivity contribution in [2.24, 2.45) is 0 Å². The summed E-state index contributed by atoms with van der Waals surface area (Å²) < 4.78 is 28.0. The van der Waals surface area contributed by atoms with Crippen molar-refractivity contribution in [1.29, 1.82) is 0 Å². The van der Waals surface area contributed by atoms with Gasteiger partial charge in [0.25, 0.3) is 0 Å². The Balaban J connectivity index is 2.16. The van der Waals surface area contributed by atoms with Crippen LogP contribution in [0, 0.1) is 0 Å². The maximum Gasteiger partial charge on any atom is 0.303 e. The number of fused-ring (bicyclic) bond motifs is 1. The highest BCUT2D eigenvalue weighted by molar-refractivity contribution is 7.90. The van der Waals surface area contributed by atoms with Gasteiger partial charge in [0.15, 0.2) is 5.13 Å². The molecule has 0 aliphatic carbocycles. The predicted molar refractivity (Wildman–Crippen MR) is 73.0 cm³/mol. The molecule has 0 aromatic carbocycles. The number of thiazole rings is 1. The minimum atomic E-state index is -3.46. The van der Waals surface area contributed by atoms with E-state index in [1.54, 1.807) is 0 Å². The minimum absolute atomic E-state index is 0.457. The number of aromatic nitrogens is 1. The van der Waals surface area contributed by atoms with Crippen LogP contribution >= 0.6 is 11.3 Å². The fourth-order valence-corrected chi connectivity index (χ4v) is 4.29. The van der Waals surface area contributed by atoms with Gasteiger partial charge < -0.3 is 5.32 Å². The normalized spacial score (nSPS) is 15.7. The first kappa shape index (κ1) is 13.7. The van der Waals surface area contributed by atoms with Gasteiger partial charge in [-0.05, 0) is 0 Å². The highest BCUT2D eigenvalue weighted by Crippen LogP contribution is 2.26. The molecule has 0 saturated heterocycles. The summed E-state index contributed by atoms with van der Waals surface area (Å²) in [5.41, 5.74) is 1.01. The molecule has 1 aromatic rings.